The van der Waals surface area contributed by atoms with Crippen molar-refractivity contribution >= 4 is 15.9 Å². The van der Waals surface area contributed by atoms with Gasteiger partial charge in [0.25, 0.3) is 0 Å². The van der Waals surface area contributed by atoms with Crippen molar-refractivity contribution in [1.29, 1.82) is 0 Å². The molecule has 0 saturated heterocycles. The van der Waals surface area contributed by atoms with Crippen LogP contribution in [0.5, 0.6) is 0 Å². The van der Waals surface area contributed by atoms with Crippen molar-refractivity contribution < 1.29 is 4.39 Å². The molecule has 1 aromatic carbocycles. The molecule has 1 aliphatic carbocycles. The van der Waals surface area contributed by atoms with Crippen LogP contribution in [0.3, 0.4) is 0 Å². The Bertz CT molecular complexity index is 417. The Morgan fingerprint density at radius 3 is 2.63 bits per heavy atom. The van der Waals surface area contributed by atoms with Crippen molar-refractivity contribution in [2.45, 2.75) is 45.1 Å². The Hall–Kier alpha value is -0.450. The highest BCUT2D eigenvalue weighted by Crippen LogP contribution is 2.32. The van der Waals surface area contributed by atoms with Gasteiger partial charge in [-0.2, -0.15) is 0 Å². The van der Waals surface area contributed by atoms with Crippen LogP contribution in [0.1, 0.15) is 38.2 Å². The highest BCUT2D eigenvalue weighted by atomic mass is 79.9. The molecule has 0 aliphatic heterocycles. The standard InChI is InChI=1S/C15H22BrFN2/c1-10-2-4-11(5-3-10)15(19-18)8-12-6-7-13(17)9-14(12)16/h6-7,9-11,15,19H,2-5,8,18H2,1H3. The summed E-state index contributed by atoms with van der Waals surface area (Å²) < 4.78 is 13.9. The van der Waals surface area contributed by atoms with Gasteiger partial charge in [-0.3, -0.25) is 11.3 Å². The van der Waals surface area contributed by atoms with Crippen LogP contribution in [-0.4, -0.2) is 6.04 Å². The summed E-state index contributed by atoms with van der Waals surface area (Å²) in [5, 5.41) is 0. The van der Waals surface area contributed by atoms with E-state index in [0.717, 1.165) is 22.4 Å². The van der Waals surface area contributed by atoms with Crippen LogP contribution < -0.4 is 11.3 Å². The molecule has 106 valence electrons. The number of rotatable bonds is 4. The fraction of sp³-hybridized carbons (Fsp3) is 0.600. The average Bonchev–Trinajstić information content (AvgIpc) is 2.39. The molecular weight excluding hydrogens is 307 g/mol. The zero-order chi connectivity index (χ0) is 13.8. The van der Waals surface area contributed by atoms with Crippen LogP contribution in [0.2, 0.25) is 0 Å². The second-order valence-electron chi connectivity index (χ2n) is 5.73. The summed E-state index contributed by atoms with van der Waals surface area (Å²) in [7, 11) is 0. The van der Waals surface area contributed by atoms with Crippen LogP contribution in [-0.2, 0) is 6.42 Å². The van der Waals surface area contributed by atoms with E-state index < -0.39 is 0 Å². The monoisotopic (exact) mass is 328 g/mol. The molecule has 1 unspecified atom stereocenters. The summed E-state index contributed by atoms with van der Waals surface area (Å²) >= 11 is 3.43. The topological polar surface area (TPSA) is 38.0 Å². The zero-order valence-corrected chi connectivity index (χ0v) is 12.9. The van der Waals surface area contributed by atoms with E-state index in [1.54, 1.807) is 0 Å². The number of nitrogens with one attached hydrogen (secondary N) is 1. The van der Waals surface area contributed by atoms with Gasteiger partial charge in [0, 0.05) is 10.5 Å². The van der Waals surface area contributed by atoms with E-state index >= 15 is 0 Å². The lowest BCUT2D eigenvalue weighted by Crippen LogP contribution is -2.43. The molecule has 4 heteroatoms. The van der Waals surface area contributed by atoms with Gasteiger partial charge in [-0.1, -0.05) is 41.8 Å². The predicted octanol–water partition coefficient (Wildman–Crippen LogP) is 3.79. The number of nitrogens with two attached hydrogens (primary N) is 1. The summed E-state index contributed by atoms with van der Waals surface area (Å²) in [4.78, 5) is 0. The molecule has 0 radical (unpaired) electrons. The van der Waals surface area contributed by atoms with E-state index in [1.807, 2.05) is 6.07 Å². The third-order valence-corrected chi connectivity index (χ3v) is 5.04. The second-order valence-corrected chi connectivity index (χ2v) is 6.59. The highest BCUT2D eigenvalue weighted by molar-refractivity contribution is 9.10. The summed E-state index contributed by atoms with van der Waals surface area (Å²) in [6.07, 6.45) is 5.88. The summed E-state index contributed by atoms with van der Waals surface area (Å²) in [6, 6.07) is 5.15. The molecule has 0 bridgehead atoms. The van der Waals surface area contributed by atoms with Gasteiger partial charge in [0.05, 0.1) is 0 Å². The Balaban J connectivity index is 2.02. The van der Waals surface area contributed by atoms with Gasteiger partial charge in [-0.05, 0) is 48.8 Å². The van der Waals surface area contributed by atoms with Crippen molar-refractivity contribution in [1.82, 2.24) is 5.43 Å². The fourth-order valence-corrected chi connectivity index (χ4v) is 3.49. The lowest BCUT2D eigenvalue weighted by Gasteiger charge is -2.32. The normalized spacial score (nSPS) is 25.3. The van der Waals surface area contributed by atoms with E-state index in [9.17, 15) is 4.39 Å². The van der Waals surface area contributed by atoms with E-state index in [-0.39, 0.29) is 11.9 Å². The van der Waals surface area contributed by atoms with Crippen molar-refractivity contribution in [3.8, 4) is 0 Å². The molecule has 3 N–H and O–H groups in total. The first-order valence-corrected chi connectivity index (χ1v) is 7.79. The van der Waals surface area contributed by atoms with Gasteiger partial charge in [-0.15, -0.1) is 0 Å². The van der Waals surface area contributed by atoms with E-state index in [1.165, 1.54) is 37.8 Å². The number of hydrogen-bond donors (Lipinski definition) is 2. The number of halogens is 2. The number of hydrazine groups is 1. The third-order valence-electron chi connectivity index (χ3n) is 4.30. The Kier molecular flexibility index (Phi) is 5.37. The highest BCUT2D eigenvalue weighted by Gasteiger charge is 2.25. The molecule has 1 aromatic rings. The quantitative estimate of drug-likeness (QED) is 0.651. The maximum absolute atomic E-state index is 13.1. The maximum atomic E-state index is 13.1. The molecule has 0 amide bonds. The molecule has 2 nitrogen and oxygen atoms in total. The molecule has 1 fully saturated rings. The zero-order valence-electron chi connectivity index (χ0n) is 11.3. The molecule has 1 atom stereocenters. The van der Waals surface area contributed by atoms with Crippen LogP contribution >= 0.6 is 15.9 Å². The minimum absolute atomic E-state index is 0.209. The van der Waals surface area contributed by atoms with Crippen LogP contribution in [0.4, 0.5) is 4.39 Å². The second kappa shape index (κ2) is 6.82. The first kappa shape index (κ1) is 14.9. The Morgan fingerprint density at radius 2 is 2.05 bits per heavy atom. The molecule has 19 heavy (non-hydrogen) atoms. The average molecular weight is 329 g/mol. The van der Waals surface area contributed by atoms with E-state index in [4.69, 9.17) is 5.84 Å². The van der Waals surface area contributed by atoms with E-state index in [2.05, 4.69) is 28.3 Å². The largest absolute Gasteiger partial charge is 0.271 e. The summed E-state index contributed by atoms with van der Waals surface area (Å²) in [5.74, 6) is 6.98. The summed E-state index contributed by atoms with van der Waals surface area (Å²) in [5.41, 5.74) is 4.08. The smallest absolute Gasteiger partial charge is 0.124 e. The minimum atomic E-state index is -0.209. The first-order chi connectivity index (χ1) is 9.10. The van der Waals surface area contributed by atoms with Crippen molar-refractivity contribution in [2.75, 3.05) is 0 Å². The van der Waals surface area contributed by atoms with Crippen molar-refractivity contribution in [3.63, 3.8) is 0 Å². The van der Waals surface area contributed by atoms with Gasteiger partial charge in [0.15, 0.2) is 0 Å². The van der Waals surface area contributed by atoms with E-state index in [0.29, 0.717) is 5.92 Å². The predicted molar refractivity (Wildman–Crippen MR) is 80.0 cm³/mol. The lowest BCUT2D eigenvalue weighted by atomic mass is 9.78. The molecule has 0 aromatic heterocycles. The van der Waals surface area contributed by atoms with Gasteiger partial charge < -0.3 is 0 Å². The van der Waals surface area contributed by atoms with Crippen LogP contribution in [0.25, 0.3) is 0 Å². The summed E-state index contributed by atoms with van der Waals surface area (Å²) in [6.45, 7) is 2.32. The maximum Gasteiger partial charge on any atom is 0.124 e. The van der Waals surface area contributed by atoms with Gasteiger partial charge >= 0.3 is 0 Å². The molecule has 0 spiro atoms. The third kappa shape index (κ3) is 4.01. The Labute approximate surface area is 123 Å². The molecule has 1 aliphatic rings. The van der Waals surface area contributed by atoms with Gasteiger partial charge in [0.2, 0.25) is 0 Å². The fourth-order valence-electron chi connectivity index (χ4n) is 2.97. The molecule has 2 rings (SSSR count). The molecule has 0 heterocycles. The van der Waals surface area contributed by atoms with Crippen molar-refractivity contribution in [3.05, 3.63) is 34.1 Å². The van der Waals surface area contributed by atoms with Crippen LogP contribution in [0, 0.1) is 17.7 Å². The lowest BCUT2D eigenvalue weighted by molar-refractivity contribution is 0.229. The first-order valence-electron chi connectivity index (χ1n) is 7.00. The molecular formula is C15H22BrFN2. The minimum Gasteiger partial charge on any atom is -0.271 e. The SMILES string of the molecule is CC1CCC(C(Cc2ccc(F)cc2Br)NN)CC1. The number of hydrogen-bond acceptors (Lipinski definition) is 2. The number of benzene rings is 1. The van der Waals surface area contributed by atoms with Gasteiger partial charge in [0.1, 0.15) is 5.82 Å². The van der Waals surface area contributed by atoms with Crippen molar-refractivity contribution in [2.24, 2.45) is 17.7 Å². The van der Waals surface area contributed by atoms with Gasteiger partial charge in [-0.25, -0.2) is 4.39 Å². The molecule has 1 saturated carbocycles. The van der Waals surface area contributed by atoms with Crippen LogP contribution in [0.15, 0.2) is 22.7 Å². The Morgan fingerprint density at radius 1 is 1.37 bits per heavy atom.